The molecule has 1 aliphatic carbocycles. The Hall–Kier alpha value is -0.530. The van der Waals surface area contributed by atoms with E-state index in [1.165, 1.54) is 26.2 Å². The Morgan fingerprint density at radius 1 is 1.40 bits per heavy atom. The predicted octanol–water partition coefficient (Wildman–Crippen LogP) is 3.40. The van der Waals surface area contributed by atoms with Crippen LogP contribution in [-0.4, -0.2) is 12.1 Å². The molecule has 0 N–H and O–H groups in total. The number of carbonyl (C=O) groups excluding carboxylic acids is 1. The molecule has 0 aromatic carbocycles. The van der Waals surface area contributed by atoms with E-state index in [0.29, 0.717) is 0 Å². The highest BCUT2D eigenvalue weighted by Crippen LogP contribution is 2.44. The highest BCUT2D eigenvalue weighted by Gasteiger charge is 2.39. The smallest absolute Gasteiger partial charge is 0.302 e. The minimum atomic E-state index is -0.157. The van der Waals surface area contributed by atoms with E-state index in [1.807, 2.05) is 6.92 Å². The summed E-state index contributed by atoms with van der Waals surface area (Å²) in [5, 5.41) is 0. The van der Waals surface area contributed by atoms with Crippen molar-refractivity contribution in [2.24, 2.45) is 17.3 Å². The first-order valence-corrected chi connectivity index (χ1v) is 6.02. The number of ether oxygens (including phenoxy) is 1. The van der Waals surface area contributed by atoms with E-state index >= 15 is 0 Å². The summed E-state index contributed by atoms with van der Waals surface area (Å²) in [5.74, 6) is 1.39. The quantitative estimate of drug-likeness (QED) is 0.656. The molecule has 2 heteroatoms. The van der Waals surface area contributed by atoms with Gasteiger partial charge in [0.2, 0.25) is 0 Å². The number of rotatable bonds is 2. The average molecular weight is 212 g/mol. The first-order chi connectivity index (χ1) is 6.85. The zero-order valence-electron chi connectivity index (χ0n) is 10.7. The van der Waals surface area contributed by atoms with E-state index < -0.39 is 0 Å². The molecule has 0 amide bonds. The van der Waals surface area contributed by atoms with Crippen molar-refractivity contribution in [3.63, 3.8) is 0 Å². The third-order valence-electron chi connectivity index (χ3n) is 4.25. The third-order valence-corrected chi connectivity index (χ3v) is 4.25. The summed E-state index contributed by atoms with van der Waals surface area (Å²) in [5.41, 5.74) is 0.178. The second kappa shape index (κ2) is 4.54. The lowest BCUT2D eigenvalue weighted by Gasteiger charge is -2.43. The molecule has 88 valence electrons. The highest BCUT2D eigenvalue weighted by molar-refractivity contribution is 5.66. The van der Waals surface area contributed by atoms with Crippen LogP contribution >= 0.6 is 0 Å². The van der Waals surface area contributed by atoms with Gasteiger partial charge in [-0.05, 0) is 38.0 Å². The zero-order chi connectivity index (χ0) is 11.6. The molecule has 3 unspecified atom stereocenters. The summed E-state index contributed by atoms with van der Waals surface area (Å²) in [6.45, 7) is 10.4. The van der Waals surface area contributed by atoms with Crippen molar-refractivity contribution in [2.45, 2.75) is 60.0 Å². The molecule has 0 aromatic rings. The molecule has 2 nitrogen and oxygen atoms in total. The van der Waals surface area contributed by atoms with Gasteiger partial charge in [0.05, 0.1) is 0 Å². The topological polar surface area (TPSA) is 26.3 Å². The Kier molecular flexibility index (Phi) is 3.80. The van der Waals surface area contributed by atoms with Crippen molar-refractivity contribution in [1.82, 2.24) is 0 Å². The van der Waals surface area contributed by atoms with Crippen molar-refractivity contribution < 1.29 is 9.53 Å². The maximum absolute atomic E-state index is 11.0. The maximum Gasteiger partial charge on any atom is 0.302 e. The Bertz CT molecular complexity index is 237. The van der Waals surface area contributed by atoms with Crippen molar-refractivity contribution >= 4 is 5.97 Å². The van der Waals surface area contributed by atoms with Crippen LogP contribution in [0.4, 0.5) is 0 Å². The monoisotopic (exact) mass is 212 g/mol. The van der Waals surface area contributed by atoms with Crippen LogP contribution in [0.1, 0.15) is 53.9 Å². The van der Waals surface area contributed by atoms with Crippen LogP contribution in [0, 0.1) is 17.3 Å². The molecule has 0 saturated heterocycles. The summed E-state index contributed by atoms with van der Waals surface area (Å²) >= 11 is 0. The van der Waals surface area contributed by atoms with Gasteiger partial charge in [-0.1, -0.05) is 20.8 Å². The largest absolute Gasteiger partial charge is 0.462 e. The maximum atomic E-state index is 11.0. The summed E-state index contributed by atoms with van der Waals surface area (Å²) < 4.78 is 5.34. The number of carbonyl (C=O) groups is 1. The van der Waals surface area contributed by atoms with E-state index in [1.54, 1.807) is 0 Å². The van der Waals surface area contributed by atoms with Gasteiger partial charge in [0.1, 0.15) is 6.10 Å². The fourth-order valence-corrected chi connectivity index (χ4v) is 2.64. The molecular weight excluding hydrogens is 188 g/mol. The first-order valence-electron chi connectivity index (χ1n) is 6.02. The minimum absolute atomic E-state index is 0.0462. The van der Waals surface area contributed by atoms with Crippen LogP contribution in [0.15, 0.2) is 0 Å². The van der Waals surface area contributed by atoms with E-state index in [-0.39, 0.29) is 17.5 Å². The molecule has 0 spiro atoms. The van der Waals surface area contributed by atoms with Crippen LogP contribution in [-0.2, 0) is 9.53 Å². The molecule has 4 atom stereocenters. The molecule has 15 heavy (non-hydrogen) atoms. The molecule has 1 aliphatic rings. The number of esters is 1. The van der Waals surface area contributed by atoms with Gasteiger partial charge in [-0.25, -0.2) is 0 Å². The fourth-order valence-electron chi connectivity index (χ4n) is 2.64. The number of hydrogen-bond acceptors (Lipinski definition) is 2. The van der Waals surface area contributed by atoms with Gasteiger partial charge >= 0.3 is 5.97 Å². The van der Waals surface area contributed by atoms with Gasteiger partial charge in [0.25, 0.3) is 0 Å². The standard InChI is InChI=1S/C13H24O2/c1-9-6-7-13(5,8-10(9)2)11(3)15-12(4)14/h9-11H,6-8H2,1-5H3/t9?,10?,11?,13-/m0/s1. The summed E-state index contributed by atoms with van der Waals surface area (Å²) in [4.78, 5) is 11.0. The van der Waals surface area contributed by atoms with Gasteiger partial charge < -0.3 is 4.74 Å². The highest BCUT2D eigenvalue weighted by atomic mass is 16.5. The Labute approximate surface area is 93.4 Å². The second-order valence-corrected chi connectivity index (χ2v) is 5.60. The lowest BCUT2D eigenvalue weighted by molar-refractivity contribution is -0.154. The second-order valence-electron chi connectivity index (χ2n) is 5.60. The predicted molar refractivity (Wildman–Crippen MR) is 61.5 cm³/mol. The van der Waals surface area contributed by atoms with Crippen molar-refractivity contribution in [3.8, 4) is 0 Å². The van der Waals surface area contributed by atoms with Gasteiger partial charge in [0, 0.05) is 12.3 Å². The Morgan fingerprint density at radius 2 is 2.00 bits per heavy atom. The minimum Gasteiger partial charge on any atom is -0.462 e. The van der Waals surface area contributed by atoms with Crippen LogP contribution < -0.4 is 0 Å². The molecule has 1 fully saturated rings. The van der Waals surface area contributed by atoms with E-state index in [2.05, 4.69) is 20.8 Å². The van der Waals surface area contributed by atoms with Gasteiger partial charge in [-0.3, -0.25) is 4.79 Å². The van der Waals surface area contributed by atoms with Crippen LogP contribution in [0.3, 0.4) is 0 Å². The molecule has 1 rings (SSSR count). The molecule has 0 aliphatic heterocycles. The summed E-state index contributed by atoms with van der Waals surface area (Å²) in [6.07, 6.45) is 3.64. The van der Waals surface area contributed by atoms with Gasteiger partial charge in [-0.15, -0.1) is 0 Å². The zero-order valence-corrected chi connectivity index (χ0v) is 10.7. The molecular formula is C13H24O2. The fraction of sp³-hybridized carbons (Fsp3) is 0.923. The lowest BCUT2D eigenvalue weighted by Crippen LogP contribution is -2.39. The summed E-state index contributed by atoms with van der Waals surface area (Å²) in [7, 11) is 0. The van der Waals surface area contributed by atoms with E-state index in [0.717, 1.165) is 11.8 Å². The van der Waals surface area contributed by atoms with Gasteiger partial charge in [0.15, 0.2) is 0 Å². The first kappa shape index (κ1) is 12.5. The Morgan fingerprint density at radius 3 is 2.47 bits per heavy atom. The Balaban J connectivity index is 2.62. The van der Waals surface area contributed by atoms with Crippen molar-refractivity contribution in [1.29, 1.82) is 0 Å². The molecule has 0 heterocycles. The molecule has 0 bridgehead atoms. The third kappa shape index (κ3) is 2.96. The molecule has 0 radical (unpaired) electrons. The van der Waals surface area contributed by atoms with Crippen LogP contribution in [0.2, 0.25) is 0 Å². The average Bonchev–Trinajstić information content (AvgIpc) is 2.11. The normalized spacial score (nSPS) is 38.5. The van der Waals surface area contributed by atoms with E-state index in [9.17, 15) is 4.79 Å². The van der Waals surface area contributed by atoms with Crippen molar-refractivity contribution in [3.05, 3.63) is 0 Å². The van der Waals surface area contributed by atoms with E-state index in [4.69, 9.17) is 4.74 Å². The molecule has 1 saturated carbocycles. The van der Waals surface area contributed by atoms with Crippen molar-refractivity contribution in [2.75, 3.05) is 0 Å². The SMILES string of the molecule is CC(=O)OC(C)[C@@]1(C)CCC(C)C(C)C1. The van der Waals surface area contributed by atoms with Crippen LogP contribution in [0.5, 0.6) is 0 Å². The number of hydrogen-bond donors (Lipinski definition) is 0. The van der Waals surface area contributed by atoms with Crippen LogP contribution in [0.25, 0.3) is 0 Å². The summed E-state index contributed by atoms with van der Waals surface area (Å²) in [6, 6.07) is 0. The van der Waals surface area contributed by atoms with Gasteiger partial charge in [-0.2, -0.15) is 0 Å². The molecule has 0 aromatic heterocycles. The lowest BCUT2D eigenvalue weighted by atomic mass is 9.65.